The van der Waals surface area contributed by atoms with Crippen LogP contribution in [0.3, 0.4) is 0 Å². The molecule has 0 aliphatic carbocycles. The fourth-order valence-electron chi connectivity index (χ4n) is 3.19. The van der Waals surface area contributed by atoms with Crippen LogP contribution in [0, 0.1) is 0 Å². The molecule has 1 aromatic heterocycles. The molecule has 1 aliphatic heterocycles. The topological polar surface area (TPSA) is 98.1 Å². The maximum atomic E-state index is 12.5. The molecule has 9 heteroatoms. The summed E-state index contributed by atoms with van der Waals surface area (Å²) in [6.45, 7) is 4.48. The summed E-state index contributed by atoms with van der Waals surface area (Å²) in [5.41, 5.74) is 0.588. The Morgan fingerprint density at radius 1 is 1.17 bits per heavy atom. The van der Waals surface area contributed by atoms with Gasteiger partial charge in [0.1, 0.15) is 12.4 Å². The average molecular weight is 423 g/mol. The van der Waals surface area contributed by atoms with Gasteiger partial charge in [0.05, 0.1) is 24.2 Å². The molecule has 8 nitrogen and oxygen atoms in total. The SMILES string of the molecule is C[C@@H]1CN(S(=O)(=O)CCNC(=O)c2occc2COc2ccccc2)C[C@@H](C)O1. The van der Waals surface area contributed by atoms with E-state index in [2.05, 4.69) is 5.32 Å². The summed E-state index contributed by atoms with van der Waals surface area (Å²) in [5.74, 6) is 0.141. The fraction of sp³-hybridized carbons (Fsp3) is 0.450. The minimum Gasteiger partial charge on any atom is -0.489 e. The number of nitrogens with zero attached hydrogens (tertiary/aromatic N) is 1. The highest BCUT2D eigenvalue weighted by molar-refractivity contribution is 7.89. The number of furan rings is 1. The van der Waals surface area contributed by atoms with Crippen molar-refractivity contribution in [3.8, 4) is 5.75 Å². The average Bonchev–Trinajstić information content (AvgIpc) is 3.15. The fourth-order valence-corrected chi connectivity index (χ4v) is 4.68. The van der Waals surface area contributed by atoms with Crippen molar-refractivity contribution in [1.29, 1.82) is 0 Å². The summed E-state index contributed by atoms with van der Waals surface area (Å²) in [6, 6.07) is 10.9. The van der Waals surface area contributed by atoms with Crippen LogP contribution in [-0.4, -0.2) is 56.2 Å². The van der Waals surface area contributed by atoms with Crippen LogP contribution < -0.4 is 10.1 Å². The van der Waals surface area contributed by atoms with E-state index in [0.717, 1.165) is 0 Å². The van der Waals surface area contributed by atoms with E-state index >= 15 is 0 Å². The van der Waals surface area contributed by atoms with Gasteiger partial charge < -0.3 is 19.2 Å². The number of amides is 1. The summed E-state index contributed by atoms with van der Waals surface area (Å²) < 4.78 is 43.0. The molecule has 1 aromatic carbocycles. The first-order valence-corrected chi connectivity index (χ1v) is 11.1. The van der Waals surface area contributed by atoms with Crippen LogP contribution >= 0.6 is 0 Å². The number of hydrogen-bond acceptors (Lipinski definition) is 6. The van der Waals surface area contributed by atoms with Crippen LogP contribution in [0.1, 0.15) is 30.0 Å². The quantitative estimate of drug-likeness (QED) is 0.699. The highest BCUT2D eigenvalue weighted by Gasteiger charge is 2.30. The molecule has 1 saturated heterocycles. The number of rotatable bonds is 8. The Labute approximate surface area is 170 Å². The van der Waals surface area contributed by atoms with Gasteiger partial charge in [-0.1, -0.05) is 18.2 Å². The van der Waals surface area contributed by atoms with Crippen molar-refractivity contribution in [3.63, 3.8) is 0 Å². The summed E-state index contributed by atoms with van der Waals surface area (Å²) in [7, 11) is -3.49. The maximum absolute atomic E-state index is 12.5. The van der Waals surface area contributed by atoms with Gasteiger partial charge in [0.15, 0.2) is 5.76 Å². The Kier molecular flexibility index (Phi) is 6.94. The van der Waals surface area contributed by atoms with Gasteiger partial charge in [-0.25, -0.2) is 8.42 Å². The second kappa shape index (κ2) is 9.43. The molecule has 0 bridgehead atoms. The van der Waals surface area contributed by atoms with Crippen LogP contribution in [-0.2, 0) is 21.4 Å². The van der Waals surface area contributed by atoms with Crippen molar-refractivity contribution < 1.29 is 27.1 Å². The van der Waals surface area contributed by atoms with Crippen molar-refractivity contribution in [2.75, 3.05) is 25.4 Å². The Bertz CT molecular complexity index is 902. The molecule has 3 rings (SSSR count). The second-order valence-electron chi connectivity index (χ2n) is 7.02. The van der Waals surface area contributed by atoms with Crippen molar-refractivity contribution >= 4 is 15.9 Å². The molecule has 158 valence electrons. The third kappa shape index (κ3) is 5.81. The molecule has 0 radical (unpaired) electrons. The second-order valence-corrected chi connectivity index (χ2v) is 9.11. The number of hydrogen-bond donors (Lipinski definition) is 1. The number of carbonyl (C=O) groups is 1. The van der Waals surface area contributed by atoms with Gasteiger partial charge in [-0.05, 0) is 32.0 Å². The van der Waals surface area contributed by atoms with Gasteiger partial charge in [0.2, 0.25) is 10.0 Å². The lowest BCUT2D eigenvalue weighted by Crippen LogP contribution is -2.49. The van der Waals surface area contributed by atoms with E-state index in [4.69, 9.17) is 13.9 Å². The Morgan fingerprint density at radius 3 is 2.55 bits per heavy atom. The molecule has 2 atom stereocenters. The van der Waals surface area contributed by atoms with E-state index in [-0.39, 0.29) is 36.9 Å². The minimum absolute atomic E-state index is 0.0129. The van der Waals surface area contributed by atoms with Crippen LogP contribution in [0.15, 0.2) is 47.1 Å². The zero-order valence-corrected chi connectivity index (χ0v) is 17.4. The van der Waals surface area contributed by atoms with Crippen LogP contribution in [0.25, 0.3) is 0 Å². The van der Waals surface area contributed by atoms with Crippen molar-refractivity contribution in [2.24, 2.45) is 0 Å². The normalized spacial score (nSPS) is 20.3. The largest absolute Gasteiger partial charge is 0.489 e. The lowest BCUT2D eigenvalue weighted by Gasteiger charge is -2.34. The standard InChI is InChI=1S/C20H26N2O6S/c1-15-12-22(13-16(2)28-15)29(24,25)11-9-21-20(23)19-17(8-10-26-19)14-27-18-6-4-3-5-7-18/h3-8,10,15-16H,9,11-14H2,1-2H3,(H,21,23)/t15-,16-/m1/s1. The number of morpholine rings is 1. The first kappa shape index (κ1) is 21.4. The number of benzene rings is 1. The minimum atomic E-state index is -3.49. The Hall–Kier alpha value is -2.36. The van der Waals surface area contributed by atoms with Gasteiger partial charge >= 0.3 is 0 Å². The predicted molar refractivity (Wildman–Crippen MR) is 107 cm³/mol. The lowest BCUT2D eigenvalue weighted by molar-refractivity contribution is -0.0440. The summed E-state index contributed by atoms with van der Waals surface area (Å²) in [4.78, 5) is 12.4. The molecule has 1 amide bonds. The number of carbonyl (C=O) groups excluding carboxylic acids is 1. The zero-order valence-electron chi connectivity index (χ0n) is 16.5. The van der Waals surface area contributed by atoms with Crippen molar-refractivity contribution in [2.45, 2.75) is 32.7 Å². The number of sulfonamides is 1. The van der Waals surface area contributed by atoms with Gasteiger partial charge in [0, 0.05) is 25.2 Å². The Balaban J connectivity index is 1.51. The molecule has 1 N–H and O–H groups in total. The lowest BCUT2D eigenvalue weighted by atomic mass is 10.2. The van der Waals surface area contributed by atoms with Gasteiger partial charge in [0.25, 0.3) is 5.91 Å². The zero-order chi connectivity index (χ0) is 20.9. The number of para-hydroxylation sites is 1. The summed E-state index contributed by atoms with van der Waals surface area (Å²) in [5, 5.41) is 2.62. The van der Waals surface area contributed by atoms with E-state index < -0.39 is 15.9 Å². The van der Waals surface area contributed by atoms with Gasteiger partial charge in [-0.3, -0.25) is 4.79 Å². The van der Waals surface area contributed by atoms with Crippen molar-refractivity contribution in [3.05, 3.63) is 54.0 Å². The highest BCUT2D eigenvalue weighted by atomic mass is 32.2. The Morgan fingerprint density at radius 2 is 1.86 bits per heavy atom. The molecule has 29 heavy (non-hydrogen) atoms. The summed E-state index contributed by atoms with van der Waals surface area (Å²) >= 11 is 0. The monoisotopic (exact) mass is 422 g/mol. The van der Waals surface area contributed by atoms with Crippen LogP contribution in [0.4, 0.5) is 0 Å². The molecule has 1 fully saturated rings. The molecule has 2 heterocycles. The van der Waals surface area contributed by atoms with E-state index in [1.807, 2.05) is 44.2 Å². The number of nitrogens with one attached hydrogen (secondary N) is 1. The highest BCUT2D eigenvalue weighted by Crippen LogP contribution is 2.17. The molecule has 1 aliphatic rings. The van der Waals surface area contributed by atoms with E-state index in [9.17, 15) is 13.2 Å². The summed E-state index contributed by atoms with van der Waals surface area (Å²) in [6.07, 6.45) is 1.10. The van der Waals surface area contributed by atoms with E-state index in [1.54, 1.807) is 6.07 Å². The molecular weight excluding hydrogens is 396 g/mol. The molecule has 0 spiro atoms. The van der Waals surface area contributed by atoms with Gasteiger partial charge in [-0.15, -0.1) is 0 Å². The van der Waals surface area contributed by atoms with E-state index in [1.165, 1.54) is 10.6 Å². The molecular formula is C20H26N2O6S. The first-order valence-electron chi connectivity index (χ1n) is 9.51. The van der Waals surface area contributed by atoms with Crippen molar-refractivity contribution in [1.82, 2.24) is 9.62 Å². The smallest absolute Gasteiger partial charge is 0.287 e. The predicted octanol–water partition coefficient (Wildman–Crippen LogP) is 2.03. The van der Waals surface area contributed by atoms with Gasteiger partial charge in [-0.2, -0.15) is 4.31 Å². The molecule has 2 aromatic rings. The third-order valence-electron chi connectivity index (χ3n) is 4.52. The van der Waals surface area contributed by atoms with Crippen LogP contribution in [0.2, 0.25) is 0 Å². The maximum Gasteiger partial charge on any atom is 0.287 e. The van der Waals surface area contributed by atoms with Crippen LogP contribution in [0.5, 0.6) is 5.75 Å². The first-order chi connectivity index (χ1) is 13.8. The molecule has 0 saturated carbocycles. The molecule has 0 unspecified atom stereocenters. The number of ether oxygens (including phenoxy) is 2. The van der Waals surface area contributed by atoms with E-state index in [0.29, 0.717) is 24.4 Å². The third-order valence-corrected chi connectivity index (χ3v) is 6.32.